The van der Waals surface area contributed by atoms with Crippen molar-refractivity contribution < 1.29 is 19.0 Å². The van der Waals surface area contributed by atoms with E-state index in [9.17, 15) is 9.18 Å². The average molecular weight is 267 g/mol. The van der Waals surface area contributed by atoms with Crippen LogP contribution >= 0.6 is 0 Å². The van der Waals surface area contributed by atoms with E-state index in [1.54, 1.807) is 18.2 Å². The number of hydrogen-bond acceptors (Lipinski definition) is 3. The Bertz CT molecular complexity index is 464. The number of aliphatic carboxylic acids is 1. The second kappa shape index (κ2) is 6.02. The zero-order valence-electron chi connectivity index (χ0n) is 10.9. The molecule has 1 saturated heterocycles. The first-order valence-electron chi connectivity index (χ1n) is 6.42. The molecule has 1 heterocycles. The van der Waals surface area contributed by atoms with Crippen molar-refractivity contribution in [2.45, 2.75) is 37.8 Å². The van der Waals surface area contributed by atoms with Gasteiger partial charge in [0.25, 0.3) is 0 Å². The normalized spacial score (nSPS) is 23.1. The van der Waals surface area contributed by atoms with E-state index in [2.05, 4.69) is 5.32 Å². The topological polar surface area (TPSA) is 58.6 Å². The second-order valence-electron chi connectivity index (χ2n) is 4.82. The molecule has 104 valence electrons. The minimum atomic E-state index is -0.837. The summed E-state index contributed by atoms with van der Waals surface area (Å²) in [4.78, 5) is 11.0. The zero-order chi connectivity index (χ0) is 13.8. The number of carboxylic acids is 1. The van der Waals surface area contributed by atoms with Crippen molar-refractivity contribution in [2.75, 3.05) is 7.11 Å². The Balaban J connectivity index is 2.06. The molecule has 1 aliphatic rings. The van der Waals surface area contributed by atoms with Gasteiger partial charge in [-0.15, -0.1) is 0 Å². The molecule has 0 bridgehead atoms. The molecule has 0 aromatic heterocycles. The summed E-state index contributed by atoms with van der Waals surface area (Å²) in [6.45, 7) is 0. The van der Waals surface area contributed by atoms with Crippen LogP contribution in [0.3, 0.4) is 0 Å². The fourth-order valence-corrected chi connectivity index (χ4v) is 2.51. The standard InChI is InChI=1S/C14H18FNO3/c1-19-12-7-2-4-9(13(12)15)8-10-5-3-6-11(16-10)14(17)18/h2,4,7,10-11,16H,3,5-6,8H2,1H3,(H,17,18). The van der Waals surface area contributed by atoms with Crippen LogP contribution in [0.2, 0.25) is 0 Å². The van der Waals surface area contributed by atoms with Gasteiger partial charge in [-0.25, -0.2) is 4.39 Å². The molecular formula is C14H18FNO3. The summed E-state index contributed by atoms with van der Waals surface area (Å²) in [6, 6.07) is 4.51. The first-order valence-corrected chi connectivity index (χ1v) is 6.42. The Morgan fingerprint density at radius 3 is 3.00 bits per heavy atom. The highest BCUT2D eigenvalue weighted by Crippen LogP contribution is 2.23. The van der Waals surface area contributed by atoms with Gasteiger partial charge in [-0.05, 0) is 37.3 Å². The summed E-state index contributed by atoms with van der Waals surface area (Å²) < 4.78 is 19.0. The summed E-state index contributed by atoms with van der Waals surface area (Å²) in [7, 11) is 1.43. The van der Waals surface area contributed by atoms with Gasteiger partial charge in [0.2, 0.25) is 0 Å². The molecule has 4 nitrogen and oxygen atoms in total. The molecule has 0 amide bonds. The summed E-state index contributed by atoms with van der Waals surface area (Å²) in [6.07, 6.45) is 2.82. The maximum absolute atomic E-state index is 14.0. The maximum atomic E-state index is 14.0. The molecule has 1 fully saturated rings. The molecule has 1 aromatic rings. The summed E-state index contributed by atoms with van der Waals surface area (Å²) in [5.74, 6) is -0.969. The van der Waals surface area contributed by atoms with Gasteiger partial charge in [0.05, 0.1) is 7.11 Å². The van der Waals surface area contributed by atoms with Crippen LogP contribution in [0.4, 0.5) is 4.39 Å². The first kappa shape index (κ1) is 13.8. The van der Waals surface area contributed by atoms with Crippen LogP contribution in [0.5, 0.6) is 5.75 Å². The maximum Gasteiger partial charge on any atom is 0.320 e. The molecule has 19 heavy (non-hydrogen) atoms. The van der Waals surface area contributed by atoms with E-state index in [0.29, 0.717) is 18.4 Å². The SMILES string of the molecule is COc1cccc(CC2CCCC(C(=O)O)N2)c1F. The number of benzene rings is 1. The van der Waals surface area contributed by atoms with Gasteiger partial charge in [0.15, 0.2) is 11.6 Å². The molecule has 2 atom stereocenters. The fourth-order valence-electron chi connectivity index (χ4n) is 2.51. The van der Waals surface area contributed by atoms with Gasteiger partial charge in [0, 0.05) is 6.04 Å². The van der Waals surface area contributed by atoms with E-state index in [4.69, 9.17) is 9.84 Å². The molecule has 2 unspecified atom stereocenters. The van der Waals surface area contributed by atoms with E-state index in [0.717, 1.165) is 12.8 Å². The lowest BCUT2D eigenvalue weighted by molar-refractivity contribution is -0.140. The summed E-state index contributed by atoms with van der Waals surface area (Å²) in [5.41, 5.74) is 0.558. The quantitative estimate of drug-likeness (QED) is 0.875. The van der Waals surface area contributed by atoms with Crippen molar-refractivity contribution in [2.24, 2.45) is 0 Å². The van der Waals surface area contributed by atoms with Crippen LogP contribution in [-0.4, -0.2) is 30.3 Å². The van der Waals surface area contributed by atoms with Gasteiger partial charge in [-0.1, -0.05) is 12.1 Å². The smallest absolute Gasteiger partial charge is 0.320 e. The third kappa shape index (κ3) is 3.23. The van der Waals surface area contributed by atoms with Crippen molar-refractivity contribution >= 4 is 5.97 Å². The van der Waals surface area contributed by atoms with Crippen LogP contribution in [-0.2, 0) is 11.2 Å². The molecule has 2 rings (SSSR count). The average Bonchev–Trinajstić information content (AvgIpc) is 2.41. The molecule has 1 aromatic carbocycles. The molecular weight excluding hydrogens is 249 g/mol. The van der Waals surface area contributed by atoms with E-state index >= 15 is 0 Å². The number of hydrogen-bond donors (Lipinski definition) is 2. The number of carbonyl (C=O) groups is 1. The van der Waals surface area contributed by atoms with Crippen LogP contribution in [0, 0.1) is 5.82 Å². The van der Waals surface area contributed by atoms with Crippen molar-refractivity contribution in [3.8, 4) is 5.75 Å². The first-order chi connectivity index (χ1) is 9.11. The summed E-state index contributed by atoms with van der Waals surface area (Å²) >= 11 is 0. The largest absolute Gasteiger partial charge is 0.494 e. The Morgan fingerprint density at radius 2 is 2.32 bits per heavy atom. The van der Waals surface area contributed by atoms with Gasteiger partial charge < -0.3 is 15.2 Å². The van der Waals surface area contributed by atoms with Gasteiger partial charge in [-0.3, -0.25) is 4.79 Å². The van der Waals surface area contributed by atoms with E-state index < -0.39 is 12.0 Å². The number of halogens is 1. The minimum Gasteiger partial charge on any atom is -0.494 e. The highest BCUT2D eigenvalue weighted by atomic mass is 19.1. The molecule has 2 N–H and O–H groups in total. The monoisotopic (exact) mass is 267 g/mol. The number of nitrogens with one attached hydrogen (secondary N) is 1. The lowest BCUT2D eigenvalue weighted by atomic mass is 9.93. The molecule has 5 heteroatoms. The highest BCUT2D eigenvalue weighted by Gasteiger charge is 2.26. The van der Waals surface area contributed by atoms with Crippen LogP contribution in [0.25, 0.3) is 0 Å². The van der Waals surface area contributed by atoms with Gasteiger partial charge in [-0.2, -0.15) is 0 Å². The summed E-state index contributed by atoms with van der Waals surface area (Å²) in [5, 5.41) is 12.1. The van der Waals surface area contributed by atoms with Crippen molar-refractivity contribution in [3.05, 3.63) is 29.6 Å². The molecule has 0 aliphatic carbocycles. The lowest BCUT2D eigenvalue weighted by Gasteiger charge is -2.28. The van der Waals surface area contributed by atoms with E-state index in [1.807, 2.05) is 0 Å². The Kier molecular flexibility index (Phi) is 4.37. The van der Waals surface area contributed by atoms with Crippen LogP contribution < -0.4 is 10.1 Å². The third-order valence-corrected chi connectivity index (χ3v) is 3.51. The Morgan fingerprint density at radius 1 is 1.53 bits per heavy atom. The number of methoxy groups -OCH3 is 1. The van der Waals surface area contributed by atoms with Crippen LogP contribution in [0.15, 0.2) is 18.2 Å². The van der Waals surface area contributed by atoms with Gasteiger partial charge >= 0.3 is 5.97 Å². The van der Waals surface area contributed by atoms with Crippen molar-refractivity contribution in [1.82, 2.24) is 5.32 Å². The number of ether oxygens (including phenoxy) is 1. The van der Waals surface area contributed by atoms with Gasteiger partial charge in [0.1, 0.15) is 6.04 Å². The van der Waals surface area contributed by atoms with Crippen molar-refractivity contribution in [3.63, 3.8) is 0 Å². The molecule has 0 radical (unpaired) electrons. The highest BCUT2D eigenvalue weighted by molar-refractivity contribution is 5.73. The fraction of sp³-hybridized carbons (Fsp3) is 0.500. The minimum absolute atomic E-state index is 0.00328. The lowest BCUT2D eigenvalue weighted by Crippen LogP contribution is -2.47. The molecule has 0 saturated carbocycles. The number of rotatable bonds is 4. The van der Waals surface area contributed by atoms with E-state index in [1.165, 1.54) is 7.11 Å². The molecule has 0 spiro atoms. The van der Waals surface area contributed by atoms with Crippen LogP contribution in [0.1, 0.15) is 24.8 Å². The Hall–Kier alpha value is -1.62. The number of piperidine rings is 1. The zero-order valence-corrected chi connectivity index (χ0v) is 10.9. The van der Waals surface area contributed by atoms with E-state index in [-0.39, 0.29) is 17.6 Å². The third-order valence-electron chi connectivity index (χ3n) is 3.51. The number of carboxylic acid groups (broad SMARTS) is 1. The predicted molar refractivity (Wildman–Crippen MR) is 68.9 cm³/mol. The van der Waals surface area contributed by atoms with Crippen molar-refractivity contribution in [1.29, 1.82) is 0 Å². The predicted octanol–water partition coefficient (Wildman–Crippen LogP) is 1.97. The molecule has 1 aliphatic heterocycles. The Labute approximate surface area is 111 Å². The second-order valence-corrected chi connectivity index (χ2v) is 4.82.